The van der Waals surface area contributed by atoms with E-state index in [2.05, 4.69) is 32.5 Å². The Morgan fingerprint density at radius 3 is 3.08 bits per heavy atom. The maximum atomic E-state index is 12.2. The summed E-state index contributed by atoms with van der Waals surface area (Å²) >= 11 is 1.50. The predicted octanol–water partition coefficient (Wildman–Crippen LogP) is 3.50. The molecule has 3 aromatic rings. The van der Waals surface area contributed by atoms with Gasteiger partial charge in [-0.3, -0.25) is 4.79 Å². The summed E-state index contributed by atoms with van der Waals surface area (Å²) < 4.78 is 5.63. The first kappa shape index (κ1) is 15.9. The van der Waals surface area contributed by atoms with Crippen LogP contribution in [0.15, 0.2) is 42.5 Å². The molecule has 3 N–H and O–H groups in total. The van der Waals surface area contributed by atoms with Crippen molar-refractivity contribution in [3.05, 3.63) is 53.6 Å². The Morgan fingerprint density at radius 1 is 1.20 bits per heavy atom. The van der Waals surface area contributed by atoms with Gasteiger partial charge >= 0.3 is 0 Å². The molecule has 0 spiro atoms. The lowest BCUT2D eigenvalue weighted by molar-refractivity contribution is 0.0953. The lowest BCUT2D eigenvalue weighted by Gasteiger charge is -2.08. The number of benzene rings is 2. The van der Waals surface area contributed by atoms with Gasteiger partial charge in [-0.15, -0.1) is 0 Å². The lowest BCUT2D eigenvalue weighted by Crippen LogP contribution is -2.25. The van der Waals surface area contributed by atoms with E-state index in [4.69, 9.17) is 0 Å². The SMILES string of the molecule is O=C(NCCCNc1nsc2ccccc12)c1ccc2c(c1)CCN2. The molecule has 128 valence electrons. The van der Waals surface area contributed by atoms with Gasteiger partial charge in [-0.1, -0.05) is 12.1 Å². The molecular weight excluding hydrogens is 332 g/mol. The lowest BCUT2D eigenvalue weighted by atomic mass is 10.1. The molecule has 0 fully saturated rings. The highest BCUT2D eigenvalue weighted by molar-refractivity contribution is 7.13. The Morgan fingerprint density at radius 2 is 2.12 bits per heavy atom. The van der Waals surface area contributed by atoms with Gasteiger partial charge in [-0.05, 0) is 60.3 Å². The number of anilines is 2. The highest BCUT2D eigenvalue weighted by Gasteiger charge is 2.13. The third-order valence-corrected chi connectivity index (χ3v) is 5.21. The zero-order valence-electron chi connectivity index (χ0n) is 13.8. The van der Waals surface area contributed by atoms with E-state index in [1.807, 2.05) is 30.3 Å². The predicted molar refractivity (Wildman–Crippen MR) is 104 cm³/mol. The molecule has 2 heterocycles. The first-order valence-electron chi connectivity index (χ1n) is 8.54. The number of rotatable bonds is 6. The fourth-order valence-electron chi connectivity index (χ4n) is 3.06. The van der Waals surface area contributed by atoms with Gasteiger partial charge in [0.1, 0.15) is 5.82 Å². The van der Waals surface area contributed by atoms with Crippen LogP contribution in [0.25, 0.3) is 10.1 Å². The second-order valence-corrected chi connectivity index (χ2v) is 6.92. The van der Waals surface area contributed by atoms with Crippen molar-refractivity contribution in [2.45, 2.75) is 12.8 Å². The summed E-state index contributed by atoms with van der Waals surface area (Å²) in [5, 5.41) is 10.8. The molecule has 2 aromatic carbocycles. The molecule has 1 aliphatic heterocycles. The van der Waals surface area contributed by atoms with E-state index in [1.165, 1.54) is 21.8 Å². The maximum absolute atomic E-state index is 12.2. The smallest absolute Gasteiger partial charge is 0.251 e. The Bertz CT molecular complexity index is 905. The molecule has 0 saturated heterocycles. The van der Waals surface area contributed by atoms with E-state index in [9.17, 15) is 4.79 Å². The fourth-order valence-corrected chi connectivity index (χ4v) is 3.81. The van der Waals surface area contributed by atoms with Crippen LogP contribution in [-0.4, -0.2) is 29.9 Å². The first-order valence-corrected chi connectivity index (χ1v) is 9.32. The molecule has 1 aliphatic rings. The summed E-state index contributed by atoms with van der Waals surface area (Å²) in [6.45, 7) is 2.38. The molecule has 0 atom stereocenters. The van der Waals surface area contributed by atoms with E-state index < -0.39 is 0 Å². The van der Waals surface area contributed by atoms with Crippen LogP contribution in [-0.2, 0) is 6.42 Å². The van der Waals surface area contributed by atoms with E-state index >= 15 is 0 Å². The highest BCUT2D eigenvalue weighted by Crippen LogP contribution is 2.26. The normalized spacial score (nSPS) is 12.6. The minimum absolute atomic E-state index is 0.00573. The Labute approximate surface area is 150 Å². The molecule has 1 amide bonds. The minimum atomic E-state index is -0.00573. The highest BCUT2D eigenvalue weighted by atomic mass is 32.1. The number of hydrogen-bond acceptors (Lipinski definition) is 5. The van der Waals surface area contributed by atoms with Crippen LogP contribution in [0, 0.1) is 0 Å². The van der Waals surface area contributed by atoms with Crippen molar-refractivity contribution in [2.24, 2.45) is 0 Å². The molecule has 1 aromatic heterocycles. The Hall–Kier alpha value is -2.60. The number of fused-ring (bicyclic) bond motifs is 2. The number of aromatic nitrogens is 1. The van der Waals surface area contributed by atoms with Gasteiger partial charge in [0.05, 0.1) is 4.70 Å². The number of nitrogens with zero attached hydrogens (tertiary/aromatic N) is 1. The van der Waals surface area contributed by atoms with Crippen molar-refractivity contribution in [1.82, 2.24) is 9.69 Å². The third kappa shape index (κ3) is 3.44. The van der Waals surface area contributed by atoms with E-state index in [0.717, 1.165) is 48.4 Å². The van der Waals surface area contributed by atoms with Crippen LogP contribution >= 0.6 is 11.5 Å². The second kappa shape index (κ2) is 7.11. The van der Waals surface area contributed by atoms with Crippen LogP contribution in [0.4, 0.5) is 11.5 Å². The summed E-state index contributed by atoms with van der Waals surface area (Å²) in [6.07, 6.45) is 1.84. The zero-order chi connectivity index (χ0) is 17.1. The van der Waals surface area contributed by atoms with Crippen molar-refractivity contribution >= 4 is 39.0 Å². The average molecular weight is 352 g/mol. The van der Waals surface area contributed by atoms with Crippen molar-refractivity contribution in [3.8, 4) is 0 Å². The Balaban J connectivity index is 1.25. The van der Waals surface area contributed by atoms with Crippen molar-refractivity contribution in [2.75, 3.05) is 30.3 Å². The number of amides is 1. The number of hydrogen-bond donors (Lipinski definition) is 3. The quantitative estimate of drug-likeness (QED) is 0.594. The third-order valence-electron chi connectivity index (χ3n) is 4.39. The summed E-state index contributed by atoms with van der Waals surface area (Å²) in [4.78, 5) is 12.2. The van der Waals surface area contributed by atoms with Gasteiger partial charge in [0.2, 0.25) is 0 Å². The molecule has 0 unspecified atom stereocenters. The van der Waals surface area contributed by atoms with E-state index in [-0.39, 0.29) is 5.91 Å². The van der Waals surface area contributed by atoms with Gasteiger partial charge in [0.15, 0.2) is 0 Å². The molecule has 0 saturated carbocycles. The van der Waals surface area contributed by atoms with Gasteiger partial charge in [-0.2, -0.15) is 4.37 Å². The van der Waals surface area contributed by atoms with E-state index in [1.54, 1.807) is 0 Å². The average Bonchev–Trinajstić information content (AvgIpc) is 3.27. The van der Waals surface area contributed by atoms with Gasteiger partial charge in [-0.25, -0.2) is 0 Å². The van der Waals surface area contributed by atoms with Crippen LogP contribution in [0.2, 0.25) is 0 Å². The van der Waals surface area contributed by atoms with Gasteiger partial charge < -0.3 is 16.0 Å². The van der Waals surface area contributed by atoms with E-state index in [0.29, 0.717) is 6.54 Å². The minimum Gasteiger partial charge on any atom is -0.384 e. The topological polar surface area (TPSA) is 66.0 Å². The first-order chi connectivity index (χ1) is 12.3. The number of carbonyl (C=O) groups is 1. The zero-order valence-corrected chi connectivity index (χ0v) is 14.7. The molecule has 0 aliphatic carbocycles. The standard InChI is InChI=1S/C19H20N4OS/c24-19(14-6-7-16-13(12-14)8-11-20-16)22-10-3-9-21-18-15-4-1-2-5-17(15)25-23-18/h1-2,4-7,12,20H,3,8-11H2,(H,21,23)(H,22,24). The summed E-state index contributed by atoms with van der Waals surface area (Å²) in [6, 6.07) is 14.1. The van der Waals surface area contributed by atoms with Gasteiger partial charge in [0, 0.05) is 36.3 Å². The molecule has 0 radical (unpaired) electrons. The van der Waals surface area contributed by atoms with Crippen molar-refractivity contribution in [1.29, 1.82) is 0 Å². The number of nitrogens with one attached hydrogen (secondary N) is 3. The van der Waals surface area contributed by atoms with Crippen LogP contribution in [0.1, 0.15) is 22.3 Å². The molecule has 25 heavy (non-hydrogen) atoms. The summed E-state index contributed by atoms with van der Waals surface area (Å²) in [7, 11) is 0. The number of carbonyl (C=O) groups excluding carboxylic acids is 1. The fraction of sp³-hybridized carbons (Fsp3) is 0.263. The van der Waals surface area contributed by atoms with Crippen LogP contribution in [0.3, 0.4) is 0 Å². The maximum Gasteiger partial charge on any atom is 0.251 e. The van der Waals surface area contributed by atoms with Crippen LogP contribution in [0.5, 0.6) is 0 Å². The second-order valence-electron chi connectivity index (χ2n) is 6.11. The largest absolute Gasteiger partial charge is 0.384 e. The van der Waals surface area contributed by atoms with Crippen LogP contribution < -0.4 is 16.0 Å². The molecule has 0 bridgehead atoms. The van der Waals surface area contributed by atoms with Crippen molar-refractivity contribution < 1.29 is 4.79 Å². The Kier molecular flexibility index (Phi) is 4.52. The molecule has 4 rings (SSSR count). The molecule has 5 nitrogen and oxygen atoms in total. The van der Waals surface area contributed by atoms with Crippen molar-refractivity contribution in [3.63, 3.8) is 0 Å². The van der Waals surface area contributed by atoms with Gasteiger partial charge in [0.25, 0.3) is 5.91 Å². The summed E-state index contributed by atoms with van der Waals surface area (Å²) in [5.74, 6) is 0.923. The summed E-state index contributed by atoms with van der Waals surface area (Å²) in [5.41, 5.74) is 3.11. The molecule has 6 heteroatoms. The molecular formula is C19H20N4OS. The monoisotopic (exact) mass is 352 g/mol.